The smallest absolute Gasteiger partial charge is 0.216 e. The molecule has 0 aromatic heterocycles. The third kappa shape index (κ3) is 3.69. The summed E-state index contributed by atoms with van der Waals surface area (Å²) in [6.45, 7) is 1.23. The molecule has 0 saturated carbocycles. The van der Waals surface area contributed by atoms with Gasteiger partial charge in [0, 0.05) is 23.5 Å². The molecule has 5 nitrogen and oxygen atoms in total. The summed E-state index contributed by atoms with van der Waals surface area (Å²) in [6.07, 6.45) is -2.47. The molecule has 2 unspecified atom stereocenters. The number of hydrogen-bond donors (Lipinski definition) is 4. The highest BCUT2D eigenvalue weighted by atomic mass is 79.9. The molecule has 1 amide bonds. The Morgan fingerprint density at radius 1 is 1.47 bits per heavy atom. The molecule has 0 radical (unpaired) electrons. The van der Waals surface area contributed by atoms with Crippen LogP contribution in [0.4, 0.5) is 0 Å². The van der Waals surface area contributed by atoms with E-state index in [0.29, 0.717) is 4.47 Å². The van der Waals surface area contributed by atoms with Gasteiger partial charge in [0.1, 0.15) is 18.0 Å². The van der Waals surface area contributed by atoms with Crippen LogP contribution in [0.2, 0.25) is 0 Å². The van der Waals surface area contributed by atoms with E-state index >= 15 is 0 Å². The molecule has 94 valence electrons. The van der Waals surface area contributed by atoms with Crippen molar-refractivity contribution in [2.24, 2.45) is 0 Å². The molecule has 6 heteroatoms. The van der Waals surface area contributed by atoms with Crippen molar-refractivity contribution in [3.63, 3.8) is 0 Å². The fourth-order valence-electron chi connectivity index (χ4n) is 1.37. The van der Waals surface area contributed by atoms with Gasteiger partial charge in [-0.2, -0.15) is 0 Å². The topological polar surface area (TPSA) is 89.8 Å². The van der Waals surface area contributed by atoms with Crippen molar-refractivity contribution in [3.05, 3.63) is 28.2 Å². The molecule has 0 saturated heterocycles. The van der Waals surface area contributed by atoms with Crippen LogP contribution in [0.3, 0.4) is 0 Å². The molecule has 0 fully saturated rings. The second kappa shape index (κ2) is 6.00. The summed E-state index contributed by atoms with van der Waals surface area (Å²) in [6, 6.07) is 4.66. The van der Waals surface area contributed by atoms with Gasteiger partial charge in [-0.25, -0.2) is 0 Å². The van der Waals surface area contributed by atoms with E-state index < -0.39 is 12.2 Å². The number of halogens is 1. The maximum atomic E-state index is 10.7. The van der Waals surface area contributed by atoms with Crippen LogP contribution in [-0.2, 0) is 4.79 Å². The maximum Gasteiger partial charge on any atom is 0.216 e. The van der Waals surface area contributed by atoms with Crippen LogP contribution in [0.5, 0.6) is 5.75 Å². The summed E-state index contributed by atoms with van der Waals surface area (Å²) in [5.41, 5.74) is 0.199. The molecule has 0 bridgehead atoms. The molecule has 0 spiro atoms. The minimum Gasteiger partial charge on any atom is -0.508 e. The molecule has 1 aromatic carbocycles. The summed E-state index contributed by atoms with van der Waals surface area (Å²) in [7, 11) is 0. The van der Waals surface area contributed by atoms with E-state index in [1.807, 2.05) is 0 Å². The van der Waals surface area contributed by atoms with E-state index in [9.17, 15) is 20.1 Å². The number of hydrogen-bond acceptors (Lipinski definition) is 4. The van der Waals surface area contributed by atoms with Gasteiger partial charge in [0.25, 0.3) is 0 Å². The summed E-state index contributed by atoms with van der Waals surface area (Å²) in [5.74, 6) is -0.415. The first-order valence-electron chi connectivity index (χ1n) is 5.01. The number of aromatic hydroxyl groups is 1. The molecule has 0 aliphatic carbocycles. The van der Waals surface area contributed by atoms with Crippen molar-refractivity contribution in [1.29, 1.82) is 0 Å². The van der Waals surface area contributed by atoms with Crippen LogP contribution in [0.15, 0.2) is 22.7 Å². The summed E-state index contributed by atoms with van der Waals surface area (Å²) in [5, 5.41) is 31.5. The minimum atomic E-state index is -1.28. The van der Waals surface area contributed by atoms with Gasteiger partial charge in [-0.05, 0) is 12.1 Å². The van der Waals surface area contributed by atoms with Gasteiger partial charge in [0.2, 0.25) is 5.91 Å². The van der Waals surface area contributed by atoms with Crippen LogP contribution in [0, 0.1) is 0 Å². The number of benzene rings is 1. The van der Waals surface area contributed by atoms with Crippen molar-refractivity contribution >= 4 is 21.8 Å². The predicted molar refractivity (Wildman–Crippen MR) is 65.5 cm³/mol. The molecule has 17 heavy (non-hydrogen) atoms. The van der Waals surface area contributed by atoms with E-state index in [-0.39, 0.29) is 23.8 Å². The molecule has 1 rings (SSSR count). The zero-order valence-electron chi connectivity index (χ0n) is 9.22. The summed E-state index contributed by atoms with van der Waals surface area (Å²) >= 11 is 3.18. The van der Waals surface area contributed by atoms with Gasteiger partial charge in [0.05, 0.1) is 0 Å². The lowest BCUT2D eigenvalue weighted by Gasteiger charge is -2.20. The Hall–Kier alpha value is -1.11. The van der Waals surface area contributed by atoms with E-state index in [2.05, 4.69) is 21.2 Å². The summed E-state index contributed by atoms with van der Waals surface area (Å²) in [4.78, 5) is 10.7. The number of aliphatic hydroxyl groups excluding tert-OH is 2. The molecule has 2 atom stereocenters. The second-order valence-corrected chi connectivity index (χ2v) is 4.48. The average molecular weight is 304 g/mol. The molecule has 0 aliphatic heterocycles. The number of rotatable bonds is 4. The Bertz CT molecular complexity index is 390. The van der Waals surface area contributed by atoms with Crippen LogP contribution >= 0.6 is 15.9 Å². The van der Waals surface area contributed by atoms with Crippen LogP contribution in [0.1, 0.15) is 18.6 Å². The first-order chi connectivity index (χ1) is 7.93. The third-order valence-corrected chi connectivity index (χ3v) is 2.94. The van der Waals surface area contributed by atoms with Gasteiger partial charge >= 0.3 is 0 Å². The molecule has 0 heterocycles. The van der Waals surface area contributed by atoms with Crippen molar-refractivity contribution in [1.82, 2.24) is 5.32 Å². The second-order valence-electron chi connectivity index (χ2n) is 3.62. The standard InChI is InChI=1S/C11H14BrNO4/c1-6(14)13-5-9(16)11(17)10-7(12)3-2-4-8(10)15/h2-4,9,11,15-17H,5H2,1H3,(H,13,14). The Morgan fingerprint density at radius 2 is 2.12 bits per heavy atom. The molecular weight excluding hydrogens is 290 g/mol. The van der Waals surface area contributed by atoms with E-state index in [1.54, 1.807) is 12.1 Å². The van der Waals surface area contributed by atoms with Crippen molar-refractivity contribution in [3.8, 4) is 5.75 Å². The van der Waals surface area contributed by atoms with Crippen molar-refractivity contribution < 1.29 is 20.1 Å². The van der Waals surface area contributed by atoms with Crippen LogP contribution in [0.25, 0.3) is 0 Å². The highest BCUT2D eigenvalue weighted by molar-refractivity contribution is 9.10. The van der Waals surface area contributed by atoms with Gasteiger partial charge in [-0.1, -0.05) is 22.0 Å². The monoisotopic (exact) mass is 303 g/mol. The lowest BCUT2D eigenvalue weighted by Crippen LogP contribution is -2.34. The molecule has 4 N–H and O–H groups in total. The number of phenolic OH excluding ortho intramolecular Hbond substituents is 1. The average Bonchev–Trinajstić information content (AvgIpc) is 2.25. The van der Waals surface area contributed by atoms with Gasteiger partial charge < -0.3 is 20.6 Å². The first-order valence-corrected chi connectivity index (χ1v) is 5.80. The number of aliphatic hydroxyl groups is 2. The van der Waals surface area contributed by atoms with Gasteiger partial charge in [0.15, 0.2) is 0 Å². The van der Waals surface area contributed by atoms with Crippen molar-refractivity contribution in [2.75, 3.05) is 6.54 Å². The molecule has 1 aromatic rings. The summed E-state index contributed by atoms with van der Waals surface area (Å²) < 4.78 is 0.492. The van der Waals surface area contributed by atoms with Crippen LogP contribution in [-0.4, -0.2) is 33.9 Å². The lowest BCUT2D eigenvalue weighted by atomic mass is 10.0. The maximum absolute atomic E-state index is 10.7. The van der Waals surface area contributed by atoms with Gasteiger partial charge in [-0.15, -0.1) is 0 Å². The zero-order chi connectivity index (χ0) is 13.0. The molecule has 0 aliphatic rings. The quantitative estimate of drug-likeness (QED) is 0.659. The number of amides is 1. The Balaban J connectivity index is 2.81. The van der Waals surface area contributed by atoms with Gasteiger partial charge in [-0.3, -0.25) is 4.79 Å². The fourth-order valence-corrected chi connectivity index (χ4v) is 1.96. The number of phenols is 1. The Kier molecular flexibility index (Phi) is 4.92. The first kappa shape index (κ1) is 14.0. The Morgan fingerprint density at radius 3 is 2.65 bits per heavy atom. The highest BCUT2D eigenvalue weighted by Gasteiger charge is 2.23. The normalized spacial score (nSPS) is 14.1. The third-order valence-electron chi connectivity index (χ3n) is 2.25. The van der Waals surface area contributed by atoms with Crippen LogP contribution < -0.4 is 5.32 Å². The molecular formula is C11H14BrNO4. The number of carbonyl (C=O) groups excluding carboxylic acids is 1. The van der Waals surface area contributed by atoms with E-state index in [0.717, 1.165) is 0 Å². The highest BCUT2D eigenvalue weighted by Crippen LogP contribution is 2.33. The Labute approximate surface area is 107 Å². The predicted octanol–water partition coefficient (Wildman–Crippen LogP) is 0.685. The largest absolute Gasteiger partial charge is 0.508 e. The van der Waals surface area contributed by atoms with Crippen molar-refractivity contribution in [2.45, 2.75) is 19.1 Å². The number of carbonyl (C=O) groups is 1. The van der Waals surface area contributed by atoms with E-state index in [1.165, 1.54) is 13.0 Å². The fraction of sp³-hybridized carbons (Fsp3) is 0.364. The number of nitrogens with one attached hydrogen (secondary N) is 1. The SMILES string of the molecule is CC(=O)NCC(O)C(O)c1c(O)cccc1Br. The lowest BCUT2D eigenvalue weighted by molar-refractivity contribution is -0.119. The zero-order valence-corrected chi connectivity index (χ0v) is 10.8. The van der Waals surface area contributed by atoms with E-state index in [4.69, 9.17) is 0 Å². The minimum absolute atomic E-state index is 0.0860.